The molecular weight excluding hydrogens is 357 g/mol. The summed E-state index contributed by atoms with van der Waals surface area (Å²) >= 11 is 0. The number of pyridine rings is 1. The summed E-state index contributed by atoms with van der Waals surface area (Å²) in [7, 11) is 1.73. The van der Waals surface area contributed by atoms with Crippen molar-refractivity contribution >= 4 is 11.9 Å². The van der Waals surface area contributed by atoms with E-state index in [0.29, 0.717) is 34.6 Å². The molecule has 2 N–H and O–H groups in total. The third-order valence-electron chi connectivity index (χ3n) is 4.80. The van der Waals surface area contributed by atoms with Crippen LogP contribution in [0.4, 0.5) is 10.2 Å². The standard InChI is InChI=1S/C21H18FN5O/c1-12-16-9-15(22)7-6-13(16)4-3-5-17-20(18(10-23)27(2)26-17)14-8-19(28-12)21(24)25-11-14/h3-4,6-9,11-12H,5H2,1-2H3,(H2,24,25)/b4-3-/t12-/m1/s1. The van der Waals surface area contributed by atoms with Crippen LogP contribution in [0.25, 0.3) is 17.2 Å². The number of aryl methyl sites for hydroxylation is 1. The predicted octanol–water partition coefficient (Wildman–Crippen LogP) is 3.78. The van der Waals surface area contributed by atoms with Crippen LogP contribution in [0.3, 0.4) is 0 Å². The molecule has 6 nitrogen and oxygen atoms in total. The van der Waals surface area contributed by atoms with Gasteiger partial charge < -0.3 is 10.5 Å². The summed E-state index contributed by atoms with van der Waals surface area (Å²) in [5.41, 5.74) is 10.1. The fourth-order valence-corrected chi connectivity index (χ4v) is 3.44. The molecule has 0 fully saturated rings. The summed E-state index contributed by atoms with van der Waals surface area (Å²) in [5.74, 6) is 0.272. The lowest BCUT2D eigenvalue weighted by Gasteiger charge is -2.19. The first-order chi connectivity index (χ1) is 13.5. The zero-order valence-electron chi connectivity index (χ0n) is 15.5. The zero-order chi connectivity index (χ0) is 19.8. The highest BCUT2D eigenvalue weighted by atomic mass is 19.1. The minimum absolute atomic E-state index is 0.227. The number of nitrogen functional groups attached to an aromatic ring is 1. The van der Waals surface area contributed by atoms with Gasteiger partial charge in [0.1, 0.15) is 23.7 Å². The average molecular weight is 375 g/mol. The van der Waals surface area contributed by atoms with Crippen molar-refractivity contribution in [2.24, 2.45) is 7.05 Å². The zero-order valence-corrected chi connectivity index (χ0v) is 15.5. The Labute approximate surface area is 161 Å². The number of halogens is 1. The lowest BCUT2D eigenvalue weighted by molar-refractivity contribution is 0.227. The largest absolute Gasteiger partial charge is 0.482 e. The monoisotopic (exact) mass is 375 g/mol. The first-order valence-corrected chi connectivity index (χ1v) is 8.82. The Kier molecular flexibility index (Phi) is 4.32. The Morgan fingerprint density at radius 2 is 2.18 bits per heavy atom. The van der Waals surface area contributed by atoms with Crippen LogP contribution in [0.1, 0.15) is 35.5 Å². The third-order valence-corrected chi connectivity index (χ3v) is 4.80. The molecule has 0 unspecified atom stereocenters. The van der Waals surface area contributed by atoms with Crippen LogP contribution in [0.5, 0.6) is 5.75 Å². The lowest BCUT2D eigenvalue weighted by atomic mass is 9.99. The van der Waals surface area contributed by atoms with Gasteiger partial charge in [0, 0.05) is 36.4 Å². The summed E-state index contributed by atoms with van der Waals surface area (Å²) in [6, 6.07) is 8.55. The summed E-state index contributed by atoms with van der Waals surface area (Å²) in [4.78, 5) is 4.23. The number of nitriles is 1. The number of anilines is 1. The fraction of sp³-hybridized carbons (Fsp3) is 0.190. The van der Waals surface area contributed by atoms with E-state index in [1.807, 2.05) is 19.1 Å². The number of hydrogen-bond donors (Lipinski definition) is 1. The summed E-state index contributed by atoms with van der Waals surface area (Å²) in [6.45, 7) is 1.83. The second kappa shape index (κ2) is 6.82. The average Bonchev–Trinajstić information content (AvgIpc) is 2.99. The van der Waals surface area contributed by atoms with Crippen LogP contribution in [0.15, 0.2) is 36.5 Å². The first-order valence-electron chi connectivity index (χ1n) is 8.82. The van der Waals surface area contributed by atoms with Crippen molar-refractivity contribution < 1.29 is 9.13 Å². The highest BCUT2D eigenvalue weighted by molar-refractivity contribution is 5.74. The van der Waals surface area contributed by atoms with Crippen LogP contribution >= 0.6 is 0 Å². The Bertz CT molecular complexity index is 1140. The summed E-state index contributed by atoms with van der Waals surface area (Å²) < 4.78 is 21.4. The molecule has 1 aromatic carbocycles. The quantitative estimate of drug-likeness (QED) is 0.646. The van der Waals surface area contributed by atoms with Gasteiger partial charge in [-0.3, -0.25) is 4.68 Å². The van der Waals surface area contributed by atoms with E-state index >= 15 is 0 Å². The summed E-state index contributed by atoms with van der Waals surface area (Å²) in [6.07, 6.45) is 5.53. The second-order valence-corrected chi connectivity index (χ2v) is 6.65. The van der Waals surface area contributed by atoms with Crippen molar-refractivity contribution in [3.8, 4) is 22.9 Å². The SMILES string of the molecule is C[C@H]1Oc2cc(cnc2N)-c2c(nn(C)c2C#N)C/C=C\c2ccc(F)cc21. The Hall–Kier alpha value is -3.66. The number of allylic oxidation sites excluding steroid dienone is 1. The van der Waals surface area contributed by atoms with E-state index in [2.05, 4.69) is 16.2 Å². The first kappa shape index (κ1) is 17.7. The number of nitrogens with zero attached hydrogens (tertiary/aromatic N) is 4. The van der Waals surface area contributed by atoms with Crippen LogP contribution < -0.4 is 10.5 Å². The summed E-state index contributed by atoms with van der Waals surface area (Å²) in [5, 5.41) is 14.1. The highest BCUT2D eigenvalue weighted by Gasteiger charge is 2.21. The number of rotatable bonds is 0. The Morgan fingerprint density at radius 1 is 1.36 bits per heavy atom. The van der Waals surface area contributed by atoms with Crippen LogP contribution in [-0.2, 0) is 13.5 Å². The smallest absolute Gasteiger partial charge is 0.166 e. The van der Waals surface area contributed by atoms with E-state index < -0.39 is 6.10 Å². The molecule has 7 heteroatoms. The normalized spacial score (nSPS) is 16.6. The molecule has 0 saturated heterocycles. The molecule has 140 valence electrons. The molecule has 3 aromatic rings. The van der Waals surface area contributed by atoms with Gasteiger partial charge in [-0.15, -0.1) is 0 Å². The minimum Gasteiger partial charge on any atom is -0.482 e. The van der Waals surface area contributed by atoms with Gasteiger partial charge in [-0.2, -0.15) is 10.4 Å². The molecule has 2 bridgehead atoms. The fourth-order valence-electron chi connectivity index (χ4n) is 3.44. The minimum atomic E-state index is -0.446. The molecule has 1 aliphatic heterocycles. The van der Waals surface area contributed by atoms with Gasteiger partial charge in [0.15, 0.2) is 11.6 Å². The van der Waals surface area contributed by atoms with Gasteiger partial charge in [-0.05, 0) is 30.7 Å². The van der Waals surface area contributed by atoms with Crippen LogP contribution in [-0.4, -0.2) is 14.8 Å². The topological polar surface area (TPSA) is 89.8 Å². The molecule has 0 radical (unpaired) electrons. The van der Waals surface area contributed by atoms with E-state index in [9.17, 15) is 9.65 Å². The van der Waals surface area contributed by atoms with Crippen molar-refractivity contribution in [2.45, 2.75) is 19.4 Å². The molecule has 28 heavy (non-hydrogen) atoms. The number of hydrogen-bond acceptors (Lipinski definition) is 5. The number of nitrogens with two attached hydrogens (primary N) is 1. The van der Waals surface area contributed by atoms with E-state index in [0.717, 1.165) is 11.3 Å². The molecule has 0 amide bonds. The third kappa shape index (κ3) is 2.99. The highest BCUT2D eigenvalue weighted by Crippen LogP contribution is 2.35. The molecule has 4 rings (SSSR count). The second-order valence-electron chi connectivity index (χ2n) is 6.65. The van der Waals surface area contributed by atoms with Crippen LogP contribution in [0.2, 0.25) is 0 Å². The molecule has 0 saturated carbocycles. The Morgan fingerprint density at radius 3 is 2.96 bits per heavy atom. The predicted molar refractivity (Wildman–Crippen MR) is 104 cm³/mol. The van der Waals surface area contributed by atoms with Gasteiger partial charge >= 0.3 is 0 Å². The van der Waals surface area contributed by atoms with E-state index in [4.69, 9.17) is 10.5 Å². The van der Waals surface area contributed by atoms with Gasteiger partial charge in [-0.1, -0.05) is 18.2 Å². The maximum Gasteiger partial charge on any atom is 0.166 e. The number of fused-ring (bicyclic) bond motifs is 5. The maximum atomic E-state index is 13.8. The maximum absolute atomic E-state index is 13.8. The molecule has 0 spiro atoms. The van der Waals surface area contributed by atoms with Crippen molar-refractivity contribution in [1.29, 1.82) is 5.26 Å². The molecular formula is C21H18FN5O. The van der Waals surface area contributed by atoms with Crippen molar-refractivity contribution in [1.82, 2.24) is 14.8 Å². The van der Waals surface area contributed by atoms with Gasteiger partial charge in [0.2, 0.25) is 0 Å². The lowest BCUT2D eigenvalue weighted by Crippen LogP contribution is -2.08. The van der Waals surface area contributed by atoms with Crippen molar-refractivity contribution in [3.05, 3.63) is 64.9 Å². The molecule has 1 aliphatic rings. The van der Waals surface area contributed by atoms with Crippen molar-refractivity contribution in [3.63, 3.8) is 0 Å². The van der Waals surface area contributed by atoms with Crippen molar-refractivity contribution in [2.75, 3.05) is 5.73 Å². The van der Waals surface area contributed by atoms with Crippen LogP contribution in [0, 0.1) is 17.1 Å². The number of ether oxygens (including phenoxy) is 1. The Balaban J connectivity index is 1.96. The number of benzene rings is 1. The van der Waals surface area contributed by atoms with E-state index in [1.54, 1.807) is 30.1 Å². The van der Waals surface area contributed by atoms with Gasteiger partial charge in [0.05, 0.1) is 5.69 Å². The van der Waals surface area contributed by atoms with E-state index in [-0.39, 0.29) is 11.6 Å². The molecule has 1 atom stereocenters. The molecule has 3 heterocycles. The number of aromatic nitrogens is 3. The van der Waals surface area contributed by atoms with Gasteiger partial charge in [0.25, 0.3) is 0 Å². The van der Waals surface area contributed by atoms with E-state index in [1.165, 1.54) is 12.1 Å². The molecule has 0 aliphatic carbocycles. The van der Waals surface area contributed by atoms with Gasteiger partial charge in [-0.25, -0.2) is 9.37 Å². The molecule has 2 aromatic heterocycles.